The van der Waals surface area contributed by atoms with Crippen LogP contribution in [0.4, 0.5) is 5.69 Å². The quantitative estimate of drug-likeness (QED) is 0.232. The van der Waals surface area contributed by atoms with Crippen molar-refractivity contribution in [2.75, 3.05) is 11.3 Å². The number of imidazole rings is 2. The Balaban J connectivity index is 1.76. The van der Waals surface area contributed by atoms with Gasteiger partial charge in [0.05, 0.1) is 24.2 Å². The first kappa shape index (κ1) is 28.3. The molecule has 11 nitrogen and oxygen atoms in total. The van der Waals surface area contributed by atoms with E-state index >= 15 is 0 Å². The monoisotopic (exact) mass is 555 g/mol. The highest BCUT2D eigenvalue weighted by atomic mass is 32.2. The van der Waals surface area contributed by atoms with Gasteiger partial charge in [0.15, 0.2) is 16.4 Å². The second-order valence-corrected chi connectivity index (χ2v) is 11.4. The molecule has 1 aromatic carbocycles. The minimum Gasteiger partial charge on any atom is -0.493 e. The summed E-state index contributed by atoms with van der Waals surface area (Å²) in [6, 6.07) is 4.85. The number of rotatable bonds is 13. The Morgan fingerprint density at radius 2 is 1.97 bits per heavy atom. The molecule has 4 aromatic rings. The summed E-state index contributed by atoms with van der Waals surface area (Å²) in [5.41, 5.74) is 1.44. The van der Waals surface area contributed by atoms with Gasteiger partial charge < -0.3 is 14.3 Å². The van der Waals surface area contributed by atoms with E-state index in [1.54, 1.807) is 34.3 Å². The number of hydrogen-bond acceptors (Lipinski definition) is 7. The fourth-order valence-corrected chi connectivity index (χ4v) is 5.71. The summed E-state index contributed by atoms with van der Waals surface area (Å²) < 4.78 is 37.3. The lowest BCUT2D eigenvalue weighted by Gasteiger charge is -2.15. The third kappa shape index (κ3) is 6.32. The van der Waals surface area contributed by atoms with Crippen molar-refractivity contribution in [2.24, 2.45) is 13.0 Å². The largest absolute Gasteiger partial charge is 0.493 e. The topological polar surface area (TPSA) is 136 Å². The van der Waals surface area contributed by atoms with Crippen LogP contribution in [-0.4, -0.2) is 44.2 Å². The second-order valence-electron chi connectivity index (χ2n) is 9.78. The van der Waals surface area contributed by atoms with Gasteiger partial charge in [-0.1, -0.05) is 46.0 Å². The van der Waals surface area contributed by atoms with Crippen LogP contribution >= 0.6 is 0 Å². The number of H-pyrrole nitrogens is 1. The molecule has 0 amide bonds. The number of aromatic nitrogens is 6. The normalized spacial score (nSPS) is 12.6. The van der Waals surface area contributed by atoms with Crippen LogP contribution in [0.3, 0.4) is 0 Å². The molecule has 4 rings (SSSR count). The molecule has 12 heteroatoms. The highest BCUT2D eigenvalue weighted by molar-refractivity contribution is 7.92. The van der Waals surface area contributed by atoms with Gasteiger partial charge in [-0.3, -0.25) is 9.52 Å². The fraction of sp³-hybridized carbons (Fsp3) is 0.481. The summed E-state index contributed by atoms with van der Waals surface area (Å²) in [5, 5.41) is 4.68. The molecule has 39 heavy (non-hydrogen) atoms. The van der Waals surface area contributed by atoms with Gasteiger partial charge in [0, 0.05) is 25.4 Å². The predicted octanol–water partition coefficient (Wildman–Crippen LogP) is 4.48. The number of ether oxygens (including phenoxy) is 1. The Hall–Kier alpha value is -3.67. The van der Waals surface area contributed by atoms with E-state index in [9.17, 15) is 13.2 Å². The first-order valence-corrected chi connectivity index (χ1v) is 14.9. The minimum absolute atomic E-state index is 0.101. The molecule has 0 aliphatic carbocycles. The Morgan fingerprint density at radius 3 is 2.64 bits per heavy atom. The van der Waals surface area contributed by atoms with Gasteiger partial charge in [-0.25, -0.2) is 14.5 Å². The summed E-state index contributed by atoms with van der Waals surface area (Å²) in [6.45, 7) is 8.41. The molecule has 0 saturated carbocycles. The van der Waals surface area contributed by atoms with Crippen LogP contribution in [0, 0.1) is 12.8 Å². The SMILES string of the molecule is CCCCCC(CC)Cc1nc(C)c2c(=O)[nH]c(-c3cc(NS(=O)(=O)c4cn(C)cn4)ccc3OCC)nn12. The van der Waals surface area contributed by atoms with Crippen molar-refractivity contribution in [1.29, 1.82) is 0 Å². The predicted molar refractivity (Wildman–Crippen MR) is 151 cm³/mol. The summed E-state index contributed by atoms with van der Waals surface area (Å²) in [5.74, 6) is 1.90. The molecule has 0 saturated heterocycles. The Morgan fingerprint density at radius 1 is 1.18 bits per heavy atom. The van der Waals surface area contributed by atoms with Gasteiger partial charge >= 0.3 is 0 Å². The van der Waals surface area contributed by atoms with Crippen molar-refractivity contribution in [3.63, 3.8) is 0 Å². The first-order valence-electron chi connectivity index (χ1n) is 13.4. The van der Waals surface area contributed by atoms with Gasteiger partial charge in [0.2, 0.25) is 0 Å². The zero-order valence-corrected chi connectivity index (χ0v) is 24.0. The van der Waals surface area contributed by atoms with E-state index in [0.29, 0.717) is 41.5 Å². The summed E-state index contributed by atoms with van der Waals surface area (Å²) in [6.07, 6.45) is 9.19. The number of nitrogens with one attached hydrogen (secondary N) is 2. The summed E-state index contributed by atoms with van der Waals surface area (Å²) in [7, 11) is -2.23. The molecular formula is C27H37N7O4S. The van der Waals surface area contributed by atoms with Gasteiger partial charge in [0.25, 0.3) is 15.6 Å². The molecule has 2 N–H and O–H groups in total. The highest BCUT2D eigenvalue weighted by Gasteiger charge is 2.21. The zero-order chi connectivity index (χ0) is 28.2. The molecule has 1 unspecified atom stereocenters. The molecule has 3 heterocycles. The standard InChI is InChI=1S/C27H37N7O4S/c1-6-9-10-11-19(7-2)14-23-29-18(4)25-27(35)30-26(31-34(23)25)21-15-20(12-13-22(21)38-8-3)32-39(36,37)24-16-33(5)17-28-24/h12-13,15-17,19,32H,6-11,14H2,1-5H3,(H,30,31,35). The molecule has 0 radical (unpaired) electrons. The third-order valence-corrected chi connectivity index (χ3v) is 8.02. The third-order valence-electron chi connectivity index (χ3n) is 6.75. The van der Waals surface area contributed by atoms with Gasteiger partial charge in [-0.2, -0.15) is 8.42 Å². The number of anilines is 1. The Bertz CT molecular complexity index is 1600. The lowest BCUT2D eigenvalue weighted by atomic mass is 9.95. The highest BCUT2D eigenvalue weighted by Crippen LogP contribution is 2.31. The van der Waals surface area contributed by atoms with E-state index in [0.717, 1.165) is 25.1 Å². The molecule has 0 aliphatic heterocycles. The maximum atomic E-state index is 13.2. The van der Waals surface area contributed by atoms with E-state index in [-0.39, 0.29) is 22.1 Å². The maximum absolute atomic E-state index is 13.2. The number of nitrogens with zero attached hydrogens (tertiary/aromatic N) is 5. The van der Waals surface area contributed by atoms with Gasteiger partial charge in [-0.05, 0) is 38.0 Å². The Kier molecular flexibility index (Phi) is 8.73. The van der Waals surface area contributed by atoms with E-state index in [1.165, 1.54) is 25.4 Å². The van der Waals surface area contributed by atoms with Crippen molar-refractivity contribution in [3.8, 4) is 17.1 Å². The van der Waals surface area contributed by atoms with Crippen LogP contribution in [0.2, 0.25) is 0 Å². The van der Waals surface area contributed by atoms with Crippen molar-refractivity contribution in [2.45, 2.75) is 71.2 Å². The lowest BCUT2D eigenvalue weighted by Crippen LogP contribution is -2.17. The lowest BCUT2D eigenvalue weighted by molar-refractivity contribution is 0.341. The number of aryl methyl sites for hydroxylation is 2. The molecule has 0 spiro atoms. The molecular weight excluding hydrogens is 518 g/mol. The average molecular weight is 556 g/mol. The molecule has 0 aliphatic rings. The molecule has 0 bridgehead atoms. The number of hydrogen-bond donors (Lipinski definition) is 2. The second kappa shape index (κ2) is 12.0. The van der Waals surface area contributed by atoms with E-state index < -0.39 is 10.0 Å². The summed E-state index contributed by atoms with van der Waals surface area (Å²) >= 11 is 0. The van der Waals surface area contributed by atoms with E-state index in [1.807, 2.05) is 13.8 Å². The molecule has 210 valence electrons. The van der Waals surface area contributed by atoms with Crippen LogP contribution in [0.15, 0.2) is 40.5 Å². The Labute approximate surface area is 228 Å². The van der Waals surface area contributed by atoms with Crippen LogP contribution in [0.1, 0.15) is 64.4 Å². The fourth-order valence-electron chi connectivity index (χ4n) is 4.68. The molecule has 1 atom stereocenters. The number of unbranched alkanes of at least 4 members (excludes halogenated alkanes) is 2. The van der Waals surface area contributed by atoms with Gasteiger partial charge in [0.1, 0.15) is 11.6 Å². The van der Waals surface area contributed by atoms with Gasteiger partial charge in [-0.15, -0.1) is 5.10 Å². The first-order chi connectivity index (χ1) is 18.7. The minimum atomic E-state index is -3.92. The van der Waals surface area contributed by atoms with Crippen molar-refractivity contribution >= 4 is 21.2 Å². The number of aromatic amines is 1. The molecule has 0 fully saturated rings. The molecule has 3 aromatic heterocycles. The van der Waals surface area contributed by atoms with Crippen LogP contribution < -0.4 is 15.0 Å². The van der Waals surface area contributed by atoms with Crippen molar-refractivity contribution < 1.29 is 13.2 Å². The van der Waals surface area contributed by atoms with Crippen molar-refractivity contribution in [3.05, 3.63) is 52.6 Å². The zero-order valence-electron chi connectivity index (χ0n) is 23.2. The summed E-state index contributed by atoms with van der Waals surface area (Å²) in [4.78, 5) is 24.7. The van der Waals surface area contributed by atoms with Crippen molar-refractivity contribution in [1.82, 2.24) is 29.1 Å². The van der Waals surface area contributed by atoms with E-state index in [2.05, 4.69) is 28.5 Å². The van der Waals surface area contributed by atoms with Crippen LogP contribution in [0.5, 0.6) is 5.75 Å². The smallest absolute Gasteiger partial charge is 0.280 e. The number of sulfonamides is 1. The van der Waals surface area contributed by atoms with Crippen LogP contribution in [0.25, 0.3) is 16.9 Å². The average Bonchev–Trinajstić information content (AvgIpc) is 3.48. The number of benzene rings is 1. The van der Waals surface area contributed by atoms with E-state index in [4.69, 9.17) is 14.8 Å². The van der Waals surface area contributed by atoms with Crippen LogP contribution in [-0.2, 0) is 23.5 Å². The maximum Gasteiger partial charge on any atom is 0.280 e. The number of fused-ring (bicyclic) bond motifs is 1.